The predicted octanol–water partition coefficient (Wildman–Crippen LogP) is 3.00. The molecule has 1 aliphatic rings. The molecule has 0 radical (unpaired) electrons. The van der Waals surface area contributed by atoms with Crippen LogP contribution >= 0.6 is 11.8 Å². The molecule has 162 valence electrons. The number of hydrogen-bond acceptors (Lipinski definition) is 5. The number of rotatable bonds is 7. The lowest BCUT2D eigenvalue weighted by molar-refractivity contribution is -0.873. The number of sulfone groups is 1. The van der Waals surface area contributed by atoms with Gasteiger partial charge in [-0.25, -0.2) is 13.0 Å². The second-order valence-corrected chi connectivity index (χ2v) is 11.1. The fourth-order valence-electron chi connectivity index (χ4n) is 3.02. The Bertz CT molecular complexity index is 1050. The third kappa shape index (κ3) is 5.16. The van der Waals surface area contributed by atoms with Crippen molar-refractivity contribution in [3.63, 3.8) is 0 Å². The molecule has 2 heterocycles. The first-order chi connectivity index (χ1) is 14.0. The first-order valence-corrected chi connectivity index (χ1v) is 11.8. The summed E-state index contributed by atoms with van der Waals surface area (Å²) in [7, 11) is 3.64. The molecular weight excluding hydrogens is 430 g/mol. The van der Waals surface area contributed by atoms with Gasteiger partial charge in [-0.1, -0.05) is 11.8 Å². The zero-order valence-corrected chi connectivity index (χ0v) is 19.1. The van der Waals surface area contributed by atoms with E-state index in [0.717, 1.165) is 39.6 Å². The van der Waals surface area contributed by atoms with E-state index in [1.807, 2.05) is 22.9 Å². The minimum Gasteiger partial charge on any atom is -0.338 e. The minimum absolute atomic E-state index is 0.377. The molecule has 30 heavy (non-hydrogen) atoms. The number of aryl methyl sites for hydroxylation is 1. The van der Waals surface area contributed by atoms with Crippen molar-refractivity contribution < 1.29 is 26.2 Å². The fraction of sp³-hybridized carbons (Fsp3) is 0.400. The molecule has 1 aromatic carbocycles. The Balaban J connectivity index is 1.74. The van der Waals surface area contributed by atoms with E-state index < -0.39 is 15.6 Å². The third-order valence-corrected chi connectivity index (χ3v) is 7.25. The maximum atomic E-state index is 12.9. The van der Waals surface area contributed by atoms with Crippen molar-refractivity contribution in [3.8, 4) is 0 Å². The van der Waals surface area contributed by atoms with E-state index >= 15 is 0 Å². The highest BCUT2D eigenvalue weighted by molar-refractivity contribution is 8.03. The van der Waals surface area contributed by atoms with Crippen molar-refractivity contribution in [1.29, 1.82) is 0 Å². The van der Waals surface area contributed by atoms with E-state index in [4.69, 9.17) is 0 Å². The lowest BCUT2D eigenvalue weighted by atomic mass is 10.3. The van der Waals surface area contributed by atoms with E-state index in [9.17, 15) is 17.2 Å². The van der Waals surface area contributed by atoms with Crippen LogP contribution in [0.4, 0.5) is 14.5 Å². The summed E-state index contributed by atoms with van der Waals surface area (Å²) in [5.41, 5.74) is 1.35. The van der Waals surface area contributed by atoms with Gasteiger partial charge in [-0.15, -0.1) is 0 Å². The van der Waals surface area contributed by atoms with E-state index in [1.54, 1.807) is 24.3 Å². The summed E-state index contributed by atoms with van der Waals surface area (Å²) >= 11 is 1.44. The molecule has 0 N–H and O–H groups in total. The van der Waals surface area contributed by atoms with E-state index in [2.05, 4.69) is 26.1 Å². The van der Waals surface area contributed by atoms with Gasteiger partial charge in [-0.2, -0.15) is 8.78 Å². The number of quaternary nitrogens is 1. The van der Waals surface area contributed by atoms with Crippen LogP contribution in [0.2, 0.25) is 0 Å². The minimum atomic E-state index is -4.63. The number of halogens is 2. The molecule has 0 amide bonds. The zero-order valence-electron chi connectivity index (χ0n) is 17.4. The van der Waals surface area contributed by atoms with Crippen LogP contribution in [-0.2, 0) is 16.4 Å². The van der Waals surface area contributed by atoms with Gasteiger partial charge in [0.2, 0.25) is 9.84 Å². The predicted molar refractivity (Wildman–Crippen MR) is 114 cm³/mol. The van der Waals surface area contributed by atoms with Crippen LogP contribution in [0.25, 0.3) is 6.08 Å². The number of fused-ring (bicyclic) bond motifs is 1. The van der Waals surface area contributed by atoms with Gasteiger partial charge in [-0.05, 0) is 23.2 Å². The smallest absolute Gasteiger partial charge is 0.338 e. The van der Waals surface area contributed by atoms with Crippen LogP contribution in [0.15, 0.2) is 51.6 Å². The van der Waals surface area contributed by atoms with E-state index in [1.165, 1.54) is 23.9 Å². The highest BCUT2D eigenvalue weighted by atomic mass is 32.2. The number of anilines is 1. The summed E-state index contributed by atoms with van der Waals surface area (Å²) in [6.07, 6.45) is 6.72. The van der Waals surface area contributed by atoms with Crippen molar-refractivity contribution >= 4 is 33.4 Å². The molecule has 0 atom stereocenters. The van der Waals surface area contributed by atoms with Crippen LogP contribution in [0.3, 0.4) is 0 Å². The molecule has 1 aromatic heterocycles. The highest BCUT2D eigenvalue weighted by Gasteiger charge is 2.30. The molecule has 0 spiro atoms. The number of nitrogens with zero attached hydrogens (tertiary/aromatic N) is 4. The van der Waals surface area contributed by atoms with Crippen molar-refractivity contribution in [2.45, 2.75) is 28.5 Å². The molecule has 0 fully saturated rings. The largest absolute Gasteiger partial charge is 0.341 e. The number of alkyl halides is 2. The maximum Gasteiger partial charge on any atom is 0.341 e. The second kappa shape index (κ2) is 8.60. The Morgan fingerprint density at radius 3 is 2.60 bits per heavy atom. The topological polar surface area (TPSA) is 54.1 Å². The van der Waals surface area contributed by atoms with Crippen LogP contribution in [0.5, 0.6) is 0 Å². The van der Waals surface area contributed by atoms with Gasteiger partial charge in [-0.3, -0.25) is 0 Å². The maximum absolute atomic E-state index is 12.9. The lowest BCUT2D eigenvalue weighted by Gasteiger charge is -2.23. The number of aromatic nitrogens is 2. The summed E-state index contributed by atoms with van der Waals surface area (Å²) in [4.78, 5) is 6.70. The Kier molecular flexibility index (Phi) is 6.49. The standard InChI is InChI=1S/C20H26F2N4O2S2/c1-24-17-13-16(30(27,28)20(21)22)6-7-18(17)29-19(24)12-15-8-10-25(14-23-15)9-5-11-26(2,3)4/h6-8,10,12-14,20H,5,9,11H2,1-4H3/q+2. The molecule has 6 nitrogen and oxygen atoms in total. The summed E-state index contributed by atoms with van der Waals surface area (Å²) in [6, 6.07) is 6.00. The molecule has 10 heteroatoms. The molecule has 1 aliphatic heterocycles. The highest BCUT2D eigenvalue weighted by Crippen LogP contribution is 2.46. The summed E-state index contributed by atoms with van der Waals surface area (Å²) in [5.74, 6) is -3.44. The first-order valence-electron chi connectivity index (χ1n) is 9.42. The normalized spacial score (nSPS) is 15.8. The fourth-order valence-corrected chi connectivity index (χ4v) is 4.83. The molecule has 0 bridgehead atoms. The second-order valence-electron chi connectivity index (χ2n) is 8.17. The Morgan fingerprint density at radius 2 is 2.00 bits per heavy atom. The Labute approximate surface area is 180 Å². The summed E-state index contributed by atoms with van der Waals surface area (Å²) in [6.45, 7) is 1.96. The van der Waals surface area contributed by atoms with Crippen molar-refractivity contribution in [2.75, 3.05) is 39.6 Å². The molecule has 0 aliphatic carbocycles. The van der Waals surface area contributed by atoms with Gasteiger partial charge in [0.05, 0.1) is 56.0 Å². The Morgan fingerprint density at radius 1 is 1.27 bits per heavy atom. The van der Waals surface area contributed by atoms with E-state index in [0.29, 0.717) is 5.69 Å². The number of thioether (sulfide) groups is 1. The number of hydrogen-bond donors (Lipinski definition) is 0. The van der Waals surface area contributed by atoms with Gasteiger partial charge in [0.25, 0.3) is 6.33 Å². The average Bonchev–Trinajstić information content (AvgIpc) is 2.97. The van der Waals surface area contributed by atoms with Gasteiger partial charge >= 0.3 is 5.76 Å². The van der Waals surface area contributed by atoms with E-state index in [-0.39, 0.29) is 4.90 Å². The molecule has 0 saturated heterocycles. The third-order valence-electron chi connectivity index (χ3n) is 4.71. The van der Waals surface area contributed by atoms with Gasteiger partial charge in [0.1, 0.15) is 0 Å². The van der Waals surface area contributed by atoms with Crippen LogP contribution < -0.4 is 9.47 Å². The molecular formula is C20H26F2N4O2S2+2. The van der Waals surface area contributed by atoms with Crippen molar-refractivity contribution in [2.24, 2.45) is 0 Å². The molecule has 0 saturated carbocycles. The SMILES string of the molecule is CN1C(=Cc2cc[n+](CCC[N+](C)(C)C)cn2)Sc2ccc(S(=O)(=O)C(F)F)cc21. The summed E-state index contributed by atoms with van der Waals surface area (Å²) in [5, 5.41) is 0.840. The van der Waals surface area contributed by atoms with Crippen molar-refractivity contribution in [3.05, 3.63) is 47.5 Å². The van der Waals surface area contributed by atoms with Gasteiger partial charge in [0, 0.05) is 30.5 Å². The van der Waals surface area contributed by atoms with Gasteiger partial charge < -0.3 is 9.38 Å². The first kappa shape index (κ1) is 22.6. The summed E-state index contributed by atoms with van der Waals surface area (Å²) < 4.78 is 52.2. The molecule has 2 aromatic rings. The number of benzene rings is 1. The zero-order chi connectivity index (χ0) is 22.1. The Hall–Kier alpha value is -2.04. The van der Waals surface area contributed by atoms with Crippen molar-refractivity contribution in [1.82, 2.24) is 4.98 Å². The van der Waals surface area contributed by atoms with Crippen LogP contribution in [0.1, 0.15) is 12.1 Å². The average molecular weight is 457 g/mol. The monoisotopic (exact) mass is 456 g/mol. The molecule has 3 rings (SSSR count). The van der Waals surface area contributed by atoms with Gasteiger partial charge in [0.15, 0.2) is 5.69 Å². The van der Waals surface area contributed by atoms with Crippen LogP contribution in [-0.4, -0.2) is 58.4 Å². The lowest BCUT2D eigenvalue weighted by Crippen LogP contribution is -2.40. The molecule has 0 unspecified atom stereocenters. The quantitative estimate of drug-likeness (QED) is 0.474. The van der Waals surface area contributed by atoms with Crippen LogP contribution in [0, 0.1) is 0 Å².